The lowest BCUT2D eigenvalue weighted by Gasteiger charge is -2.08. The van der Waals surface area contributed by atoms with Gasteiger partial charge >= 0.3 is 5.97 Å². The predicted molar refractivity (Wildman–Crippen MR) is 77.3 cm³/mol. The minimum Gasteiger partial charge on any atom is -0.476 e. The van der Waals surface area contributed by atoms with Crippen LogP contribution in [0.3, 0.4) is 0 Å². The molecule has 1 aromatic carbocycles. The van der Waals surface area contributed by atoms with E-state index < -0.39 is 10.9 Å². The summed E-state index contributed by atoms with van der Waals surface area (Å²) in [4.78, 5) is 25.2. The summed E-state index contributed by atoms with van der Waals surface area (Å²) in [5, 5.41) is 22.7. The number of rotatable bonds is 4. The van der Waals surface area contributed by atoms with Gasteiger partial charge in [0.15, 0.2) is 5.69 Å². The number of carbonyl (C=O) groups is 1. The van der Waals surface area contributed by atoms with E-state index in [9.17, 15) is 14.9 Å². The van der Waals surface area contributed by atoms with Crippen molar-refractivity contribution >= 4 is 34.8 Å². The van der Waals surface area contributed by atoms with Crippen LogP contribution in [0.15, 0.2) is 30.3 Å². The fourth-order valence-corrected chi connectivity index (χ4v) is 1.88. The second kappa shape index (κ2) is 5.76. The summed E-state index contributed by atoms with van der Waals surface area (Å²) in [6, 6.07) is 7.46. The number of benzene rings is 1. The van der Waals surface area contributed by atoms with E-state index in [-0.39, 0.29) is 22.2 Å². The topological polar surface area (TPSA) is 105 Å². The third-order valence-electron chi connectivity index (χ3n) is 2.73. The fourth-order valence-electron chi connectivity index (χ4n) is 1.69. The molecule has 1 aromatic heterocycles. The van der Waals surface area contributed by atoms with Gasteiger partial charge in [0.05, 0.1) is 9.95 Å². The second-order valence-corrected chi connectivity index (χ2v) is 4.62. The normalized spacial score (nSPS) is 10.2. The van der Waals surface area contributed by atoms with Gasteiger partial charge in [0.25, 0.3) is 5.69 Å². The highest BCUT2D eigenvalue weighted by Gasteiger charge is 2.13. The number of carboxylic acids is 1. The van der Waals surface area contributed by atoms with Gasteiger partial charge < -0.3 is 10.4 Å². The number of hydrogen-bond acceptors (Lipinski definition) is 5. The quantitative estimate of drug-likeness (QED) is 0.662. The van der Waals surface area contributed by atoms with Crippen LogP contribution in [-0.4, -0.2) is 21.0 Å². The highest BCUT2D eigenvalue weighted by Crippen LogP contribution is 2.25. The molecular weight excluding hydrogens is 298 g/mol. The third kappa shape index (κ3) is 3.26. The van der Waals surface area contributed by atoms with Gasteiger partial charge in [-0.1, -0.05) is 17.7 Å². The Labute approximate surface area is 124 Å². The van der Waals surface area contributed by atoms with Crippen molar-refractivity contribution in [3.05, 3.63) is 56.7 Å². The highest BCUT2D eigenvalue weighted by atomic mass is 35.5. The maximum atomic E-state index is 11.0. The maximum absolute atomic E-state index is 11.0. The summed E-state index contributed by atoms with van der Waals surface area (Å²) in [5.41, 5.74) is 0.634. The molecule has 0 unspecified atom stereocenters. The van der Waals surface area contributed by atoms with Crippen molar-refractivity contribution in [2.45, 2.75) is 6.92 Å². The zero-order chi connectivity index (χ0) is 15.6. The molecule has 108 valence electrons. The average molecular weight is 308 g/mol. The Morgan fingerprint density at radius 1 is 1.38 bits per heavy atom. The van der Waals surface area contributed by atoms with Gasteiger partial charge in [-0.25, -0.2) is 9.78 Å². The first-order chi connectivity index (χ1) is 9.88. The molecule has 0 saturated heterocycles. The Morgan fingerprint density at radius 2 is 2.10 bits per heavy atom. The van der Waals surface area contributed by atoms with Crippen LogP contribution >= 0.6 is 11.6 Å². The van der Waals surface area contributed by atoms with E-state index in [4.69, 9.17) is 16.7 Å². The van der Waals surface area contributed by atoms with Crippen LogP contribution in [0.25, 0.3) is 0 Å². The van der Waals surface area contributed by atoms with Gasteiger partial charge in [0, 0.05) is 17.3 Å². The molecule has 0 radical (unpaired) electrons. The smallest absolute Gasteiger partial charge is 0.356 e. The number of aromatic nitrogens is 1. The van der Waals surface area contributed by atoms with Crippen molar-refractivity contribution in [1.29, 1.82) is 0 Å². The predicted octanol–water partition coefficient (Wildman–Crippen LogP) is 3.39. The largest absolute Gasteiger partial charge is 0.476 e. The van der Waals surface area contributed by atoms with Gasteiger partial charge in [-0.2, -0.15) is 0 Å². The van der Waals surface area contributed by atoms with Gasteiger partial charge in [0.1, 0.15) is 5.82 Å². The number of hydrogen-bond donors (Lipinski definition) is 2. The van der Waals surface area contributed by atoms with Crippen molar-refractivity contribution in [2.24, 2.45) is 0 Å². The zero-order valence-corrected chi connectivity index (χ0v) is 11.6. The van der Waals surface area contributed by atoms with Crippen LogP contribution in [-0.2, 0) is 0 Å². The Bertz CT molecular complexity index is 672. The van der Waals surface area contributed by atoms with E-state index in [2.05, 4.69) is 10.3 Å². The van der Waals surface area contributed by atoms with Crippen LogP contribution in [0, 0.1) is 17.0 Å². The zero-order valence-electron chi connectivity index (χ0n) is 10.8. The number of nitro benzene ring substituents is 1. The molecule has 8 heteroatoms. The van der Waals surface area contributed by atoms with Gasteiger partial charge in [-0.15, -0.1) is 0 Å². The summed E-state index contributed by atoms with van der Waals surface area (Å²) >= 11 is 5.72. The molecule has 0 bridgehead atoms. The summed E-state index contributed by atoms with van der Waals surface area (Å²) in [5.74, 6) is -1.02. The highest BCUT2D eigenvalue weighted by molar-refractivity contribution is 6.33. The SMILES string of the molecule is Cc1ccc(Nc2ccc(Cl)c(C(=O)O)n2)cc1[N+](=O)[O-]. The van der Waals surface area contributed by atoms with Crippen LogP contribution in [0.1, 0.15) is 16.1 Å². The van der Waals surface area contributed by atoms with Crippen molar-refractivity contribution in [3.63, 3.8) is 0 Å². The summed E-state index contributed by atoms with van der Waals surface area (Å²) < 4.78 is 0. The lowest BCUT2D eigenvalue weighted by molar-refractivity contribution is -0.385. The van der Waals surface area contributed by atoms with E-state index >= 15 is 0 Å². The number of nitrogens with one attached hydrogen (secondary N) is 1. The molecule has 21 heavy (non-hydrogen) atoms. The Morgan fingerprint density at radius 3 is 2.71 bits per heavy atom. The molecule has 0 spiro atoms. The number of halogens is 1. The lowest BCUT2D eigenvalue weighted by atomic mass is 10.2. The first-order valence-corrected chi connectivity index (χ1v) is 6.18. The molecule has 0 atom stereocenters. The van der Waals surface area contributed by atoms with Crippen LogP contribution in [0.5, 0.6) is 0 Å². The van der Waals surface area contributed by atoms with E-state index in [1.807, 2.05) is 0 Å². The van der Waals surface area contributed by atoms with E-state index in [1.54, 1.807) is 19.1 Å². The number of nitrogens with zero attached hydrogens (tertiary/aromatic N) is 2. The Balaban J connectivity index is 2.34. The van der Waals surface area contributed by atoms with Crippen LogP contribution < -0.4 is 5.32 Å². The summed E-state index contributed by atoms with van der Waals surface area (Å²) in [7, 11) is 0. The molecule has 0 saturated carbocycles. The standard InChI is InChI=1S/C13H10ClN3O4/c1-7-2-3-8(6-10(7)17(20)21)15-11-5-4-9(14)12(16-11)13(18)19/h2-6H,1H3,(H,15,16)(H,18,19). The van der Waals surface area contributed by atoms with Gasteiger partial charge in [0.2, 0.25) is 0 Å². The fraction of sp³-hybridized carbons (Fsp3) is 0.0769. The van der Waals surface area contributed by atoms with Crippen molar-refractivity contribution < 1.29 is 14.8 Å². The van der Waals surface area contributed by atoms with Crippen molar-refractivity contribution in [2.75, 3.05) is 5.32 Å². The minimum atomic E-state index is -1.25. The molecule has 1 heterocycles. The number of anilines is 2. The van der Waals surface area contributed by atoms with Gasteiger partial charge in [-0.05, 0) is 25.1 Å². The monoisotopic (exact) mass is 307 g/mol. The molecule has 0 aliphatic rings. The second-order valence-electron chi connectivity index (χ2n) is 4.22. The van der Waals surface area contributed by atoms with E-state index in [1.165, 1.54) is 18.2 Å². The van der Waals surface area contributed by atoms with Gasteiger partial charge in [-0.3, -0.25) is 10.1 Å². The number of pyridine rings is 1. The number of nitro groups is 1. The molecule has 0 aliphatic heterocycles. The van der Waals surface area contributed by atoms with Crippen molar-refractivity contribution in [3.8, 4) is 0 Å². The van der Waals surface area contributed by atoms with E-state index in [0.717, 1.165) is 0 Å². The third-order valence-corrected chi connectivity index (χ3v) is 3.03. The molecule has 7 nitrogen and oxygen atoms in total. The molecule has 2 N–H and O–H groups in total. The number of aryl methyl sites for hydroxylation is 1. The number of carboxylic acid groups (broad SMARTS) is 1. The Hall–Kier alpha value is -2.67. The maximum Gasteiger partial charge on any atom is 0.356 e. The summed E-state index contributed by atoms with van der Waals surface area (Å²) in [6.45, 7) is 1.63. The molecule has 0 aliphatic carbocycles. The minimum absolute atomic E-state index is 0.0166. The molecule has 0 amide bonds. The average Bonchev–Trinajstić information content (AvgIpc) is 2.42. The van der Waals surface area contributed by atoms with Crippen LogP contribution in [0.2, 0.25) is 5.02 Å². The molecule has 2 aromatic rings. The Kier molecular flexibility index (Phi) is 4.04. The first kappa shape index (κ1) is 14.7. The van der Waals surface area contributed by atoms with E-state index in [0.29, 0.717) is 11.3 Å². The molecule has 2 rings (SSSR count). The van der Waals surface area contributed by atoms with Crippen molar-refractivity contribution in [1.82, 2.24) is 4.98 Å². The molecule has 0 fully saturated rings. The first-order valence-electron chi connectivity index (χ1n) is 5.80. The lowest BCUT2D eigenvalue weighted by Crippen LogP contribution is -2.04. The van der Waals surface area contributed by atoms with Crippen LogP contribution in [0.4, 0.5) is 17.2 Å². The number of aromatic carboxylic acids is 1. The molecular formula is C13H10ClN3O4. The summed E-state index contributed by atoms with van der Waals surface area (Å²) in [6.07, 6.45) is 0.